The molecule has 1 aromatic heterocycles. The Morgan fingerprint density at radius 2 is 1.85 bits per heavy atom. The van der Waals surface area contributed by atoms with Gasteiger partial charge in [-0.2, -0.15) is 0 Å². The van der Waals surface area contributed by atoms with Gasteiger partial charge in [-0.25, -0.2) is 13.8 Å². The molecule has 1 saturated heterocycles. The van der Waals surface area contributed by atoms with Crippen molar-refractivity contribution in [2.45, 2.75) is 18.4 Å². The first-order valence-corrected chi connectivity index (χ1v) is 11.3. The first kappa shape index (κ1) is 22.8. The minimum atomic E-state index is -0.970. The first-order chi connectivity index (χ1) is 15.8. The van der Waals surface area contributed by atoms with E-state index < -0.39 is 23.1 Å². The number of rotatable bonds is 6. The zero-order valence-electron chi connectivity index (χ0n) is 17.9. The number of aromatic nitrogens is 1. The number of anilines is 2. The maximum Gasteiger partial charge on any atom is 0.275 e. The highest BCUT2D eigenvalue weighted by Gasteiger charge is 2.38. The normalized spacial score (nSPS) is 15.3. The van der Waals surface area contributed by atoms with Gasteiger partial charge in [-0.15, -0.1) is 11.3 Å². The predicted molar refractivity (Wildman–Crippen MR) is 124 cm³/mol. The number of nitrogens with zero attached hydrogens (tertiary/aromatic N) is 2. The third-order valence-electron chi connectivity index (χ3n) is 5.96. The van der Waals surface area contributed by atoms with Crippen molar-refractivity contribution in [2.75, 3.05) is 30.4 Å². The fourth-order valence-corrected chi connectivity index (χ4v) is 4.73. The number of hydrogen-bond donors (Lipinski definition) is 3. The van der Waals surface area contributed by atoms with Crippen LogP contribution in [0.5, 0.6) is 0 Å². The zero-order valence-corrected chi connectivity index (χ0v) is 18.7. The highest BCUT2D eigenvalue weighted by Crippen LogP contribution is 2.32. The Balaban J connectivity index is 1.50. The standard InChI is InChI=1S/C23H23F2N5O2S/c1-27-23(22(26)32)8-10-30(11-9-23)19-5-3-2-4-17(19)28-20(31)18-13-33-21(29-18)14-6-7-15(24)16(25)12-14/h2-7,12-13,27H,8-11H2,1H3,(H2,26,32)(H,28,31). The Hall–Kier alpha value is -3.37. The lowest BCUT2D eigenvalue weighted by atomic mass is 9.86. The van der Waals surface area contributed by atoms with Crippen LogP contribution in [0.3, 0.4) is 0 Å². The number of carbonyl (C=O) groups is 2. The molecule has 0 unspecified atom stereocenters. The third kappa shape index (κ3) is 4.57. The number of nitrogens with one attached hydrogen (secondary N) is 2. The summed E-state index contributed by atoms with van der Waals surface area (Å²) in [5.41, 5.74) is 6.88. The lowest BCUT2D eigenvalue weighted by Gasteiger charge is -2.41. The van der Waals surface area contributed by atoms with E-state index in [0.717, 1.165) is 17.8 Å². The molecule has 4 rings (SSSR count). The number of thiazole rings is 1. The monoisotopic (exact) mass is 471 g/mol. The summed E-state index contributed by atoms with van der Waals surface area (Å²) in [7, 11) is 1.73. The summed E-state index contributed by atoms with van der Waals surface area (Å²) in [5.74, 6) is -2.69. The Morgan fingerprint density at radius 1 is 1.12 bits per heavy atom. The number of hydrogen-bond acceptors (Lipinski definition) is 6. The van der Waals surface area contributed by atoms with E-state index in [0.29, 0.717) is 42.2 Å². The van der Waals surface area contributed by atoms with E-state index in [4.69, 9.17) is 5.73 Å². The van der Waals surface area contributed by atoms with Gasteiger partial charge in [0.05, 0.1) is 11.4 Å². The smallest absolute Gasteiger partial charge is 0.275 e. The number of piperidine rings is 1. The molecular formula is C23H23F2N5O2S. The van der Waals surface area contributed by atoms with Crippen LogP contribution in [0.25, 0.3) is 10.6 Å². The number of para-hydroxylation sites is 2. The molecule has 4 N–H and O–H groups in total. The lowest BCUT2D eigenvalue weighted by molar-refractivity contribution is -0.125. The van der Waals surface area contributed by atoms with Gasteiger partial charge in [-0.05, 0) is 50.2 Å². The van der Waals surface area contributed by atoms with Gasteiger partial charge in [-0.1, -0.05) is 12.1 Å². The minimum Gasteiger partial charge on any atom is -0.370 e. The van der Waals surface area contributed by atoms with Gasteiger partial charge >= 0.3 is 0 Å². The molecule has 0 spiro atoms. The molecule has 0 aliphatic carbocycles. The molecule has 1 aliphatic rings. The molecule has 2 aromatic carbocycles. The molecule has 0 atom stereocenters. The molecule has 1 aliphatic heterocycles. The van der Waals surface area contributed by atoms with Gasteiger partial charge in [-0.3, -0.25) is 9.59 Å². The summed E-state index contributed by atoms with van der Waals surface area (Å²) in [5, 5.41) is 7.93. The van der Waals surface area contributed by atoms with Gasteiger partial charge in [0, 0.05) is 24.0 Å². The summed E-state index contributed by atoms with van der Waals surface area (Å²) in [6.45, 7) is 1.18. The predicted octanol–water partition coefficient (Wildman–Crippen LogP) is 3.38. The third-order valence-corrected chi connectivity index (χ3v) is 6.85. The average molecular weight is 472 g/mol. The van der Waals surface area contributed by atoms with Crippen LogP contribution in [-0.4, -0.2) is 42.5 Å². The van der Waals surface area contributed by atoms with E-state index >= 15 is 0 Å². The largest absolute Gasteiger partial charge is 0.370 e. The number of likely N-dealkylation sites (N-methyl/N-ethyl adjacent to an activating group) is 1. The van der Waals surface area contributed by atoms with Crippen molar-refractivity contribution < 1.29 is 18.4 Å². The Labute approximate surface area is 193 Å². The first-order valence-electron chi connectivity index (χ1n) is 10.4. The number of nitrogens with two attached hydrogens (primary N) is 1. The number of benzene rings is 2. The van der Waals surface area contributed by atoms with Crippen molar-refractivity contribution in [3.8, 4) is 10.6 Å². The Morgan fingerprint density at radius 3 is 2.52 bits per heavy atom. The van der Waals surface area contributed by atoms with Gasteiger partial charge in [0.2, 0.25) is 5.91 Å². The Bertz CT molecular complexity index is 1190. The number of amides is 2. The molecule has 0 bridgehead atoms. The van der Waals surface area contributed by atoms with Crippen LogP contribution in [0.4, 0.5) is 20.2 Å². The maximum absolute atomic E-state index is 13.5. The molecule has 2 amide bonds. The summed E-state index contributed by atoms with van der Waals surface area (Å²) >= 11 is 1.17. The second kappa shape index (κ2) is 9.24. The van der Waals surface area contributed by atoms with Crippen LogP contribution in [0.2, 0.25) is 0 Å². The fraction of sp³-hybridized carbons (Fsp3) is 0.261. The van der Waals surface area contributed by atoms with Gasteiger partial charge < -0.3 is 21.3 Å². The number of carbonyl (C=O) groups excluding carboxylic acids is 2. The second-order valence-corrected chi connectivity index (χ2v) is 8.68. The zero-order chi connectivity index (χ0) is 23.6. The van der Waals surface area contributed by atoms with E-state index in [2.05, 4.69) is 20.5 Å². The van der Waals surface area contributed by atoms with Crippen molar-refractivity contribution in [3.05, 3.63) is 65.2 Å². The molecule has 33 heavy (non-hydrogen) atoms. The van der Waals surface area contributed by atoms with Gasteiger partial charge in [0.15, 0.2) is 11.6 Å². The number of primary amides is 1. The average Bonchev–Trinajstić information content (AvgIpc) is 3.32. The van der Waals surface area contributed by atoms with Crippen molar-refractivity contribution >= 4 is 34.5 Å². The second-order valence-electron chi connectivity index (χ2n) is 7.82. The van der Waals surface area contributed by atoms with E-state index in [1.54, 1.807) is 18.5 Å². The molecule has 1 fully saturated rings. The summed E-state index contributed by atoms with van der Waals surface area (Å²) < 4.78 is 26.7. The maximum atomic E-state index is 13.5. The molecule has 172 valence electrons. The Kier molecular flexibility index (Phi) is 6.39. The summed E-state index contributed by atoms with van der Waals surface area (Å²) in [6.07, 6.45) is 1.09. The topological polar surface area (TPSA) is 100 Å². The SMILES string of the molecule is CNC1(C(N)=O)CCN(c2ccccc2NC(=O)c2csc(-c3ccc(F)c(F)c3)n2)CC1. The van der Waals surface area contributed by atoms with Crippen LogP contribution in [-0.2, 0) is 4.79 Å². The van der Waals surface area contributed by atoms with Crippen molar-refractivity contribution in [1.82, 2.24) is 10.3 Å². The lowest BCUT2D eigenvalue weighted by Crippen LogP contribution is -2.59. The molecular weight excluding hydrogens is 448 g/mol. The van der Waals surface area contributed by atoms with Gasteiger partial charge in [0.1, 0.15) is 16.2 Å². The van der Waals surface area contributed by atoms with E-state index in [1.165, 1.54) is 17.4 Å². The van der Waals surface area contributed by atoms with Crippen LogP contribution < -0.4 is 21.3 Å². The quantitative estimate of drug-likeness (QED) is 0.512. The van der Waals surface area contributed by atoms with E-state index in [1.807, 2.05) is 18.2 Å². The number of halogens is 2. The molecule has 0 saturated carbocycles. The van der Waals surface area contributed by atoms with Crippen molar-refractivity contribution in [2.24, 2.45) is 5.73 Å². The molecule has 2 heterocycles. The van der Waals surface area contributed by atoms with E-state index in [9.17, 15) is 18.4 Å². The van der Waals surface area contributed by atoms with Gasteiger partial charge in [0.25, 0.3) is 5.91 Å². The van der Waals surface area contributed by atoms with Crippen LogP contribution in [0.1, 0.15) is 23.3 Å². The van der Waals surface area contributed by atoms with Crippen LogP contribution in [0.15, 0.2) is 47.8 Å². The fourth-order valence-electron chi connectivity index (χ4n) is 3.93. The van der Waals surface area contributed by atoms with Crippen LogP contribution >= 0.6 is 11.3 Å². The molecule has 7 nitrogen and oxygen atoms in total. The minimum absolute atomic E-state index is 0.177. The summed E-state index contributed by atoms with van der Waals surface area (Å²) in [4.78, 5) is 31.1. The molecule has 10 heteroatoms. The molecule has 3 aromatic rings. The van der Waals surface area contributed by atoms with Crippen LogP contribution in [0, 0.1) is 11.6 Å². The van der Waals surface area contributed by atoms with Crippen molar-refractivity contribution in [1.29, 1.82) is 0 Å². The molecule has 0 radical (unpaired) electrons. The van der Waals surface area contributed by atoms with E-state index in [-0.39, 0.29) is 11.6 Å². The van der Waals surface area contributed by atoms with Crippen molar-refractivity contribution in [3.63, 3.8) is 0 Å². The highest BCUT2D eigenvalue weighted by atomic mass is 32.1. The highest BCUT2D eigenvalue weighted by molar-refractivity contribution is 7.13. The summed E-state index contributed by atoms with van der Waals surface area (Å²) in [6, 6.07) is 10.9.